The fourth-order valence-electron chi connectivity index (χ4n) is 2.51. The minimum Gasteiger partial charge on any atom is -0.388 e. The number of rotatable bonds is 4. The summed E-state index contributed by atoms with van der Waals surface area (Å²) in [4.78, 5) is 4.52. The fraction of sp³-hybridized carbons (Fsp3) is 0.222. The summed E-state index contributed by atoms with van der Waals surface area (Å²) < 4.78 is 0. The van der Waals surface area contributed by atoms with E-state index < -0.39 is 0 Å². The van der Waals surface area contributed by atoms with Crippen LogP contribution in [0.2, 0.25) is 0 Å². The maximum atomic E-state index is 8.22. The second-order valence-corrected chi connectivity index (χ2v) is 5.21. The standard InChI is InChI=1S/C18H21N3/c1-12-9-13(2)18(14(3)10-12)21-11-16(19)15-7-5-6-8-17(15)20-4/h5-11,19-20H,1-4H3/b19-16?,21-11+. The van der Waals surface area contributed by atoms with Crippen molar-refractivity contribution in [1.82, 2.24) is 0 Å². The molecule has 2 aromatic carbocycles. The maximum absolute atomic E-state index is 8.22. The maximum Gasteiger partial charge on any atom is 0.0815 e. The number of hydrogen-bond donors (Lipinski definition) is 2. The summed E-state index contributed by atoms with van der Waals surface area (Å²) in [5.41, 5.74) is 6.65. The first-order valence-corrected chi connectivity index (χ1v) is 7.00. The van der Waals surface area contributed by atoms with E-state index in [0.29, 0.717) is 5.71 Å². The van der Waals surface area contributed by atoms with Gasteiger partial charge in [0.2, 0.25) is 0 Å². The van der Waals surface area contributed by atoms with Gasteiger partial charge in [-0.2, -0.15) is 0 Å². The Labute approximate surface area is 126 Å². The predicted molar refractivity (Wildman–Crippen MR) is 91.6 cm³/mol. The van der Waals surface area contributed by atoms with Crippen molar-refractivity contribution in [2.24, 2.45) is 4.99 Å². The molecule has 0 heterocycles. The molecule has 0 aromatic heterocycles. The zero-order valence-corrected chi connectivity index (χ0v) is 13.0. The Morgan fingerprint density at radius 3 is 2.33 bits per heavy atom. The highest BCUT2D eigenvalue weighted by atomic mass is 14.8. The second kappa shape index (κ2) is 6.35. The van der Waals surface area contributed by atoms with Gasteiger partial charge in [0.25, 0.3) is 0 Å². The van der Waals surface area contributed by atoms with Crippen molar-refractivity contribution in [3.05, 3.63) is 58.7 Å². The quantitative estimate of drug-likeness (QED) is 0.799. The average molecular weight is 279 g/mol. The summed E-state index contributed by atoms with van der Waals surface area (Å²) in [5, 5.41) is 11.3. The first kappa shape index (κ1) is 15.0. The number of hydrogen-bond acceptors (Lipinski definition) is 3. The summed E-state index contributed by atoms with van der Waals surface area (Å²) in [6.07, 6.45) is 1.63. The van der Waals surface area contributed by atoms with Crippen LogP contribution in [-0.2, 0) is 0 Å². The smallest absolute Gasteiger partial charge is 0.0815 e. The number of para-hydroxylation sites is 1. The minimum atomic E-state index is 0.402. The van der Waals surface area contributed by atoms with Crippen LogP contribution in [-0.4, -0.2) is 19.0 Å². The number of anilines is 1. The summed E-state index contributed by atoms with van der Waals surface area (Å²) in [6.45, 7) is 6.19. The van der Waals surface area contributed by atoms with E-state index in [1.807, 2.05) is 31.3 Å². The number of nitrogens with zero attached hydrogens (tertiary/aromatic N) is 1. The monoisotopic (exact) mass is 279 g/mol. The van der Waals surface area contributed by atoms with Crippen molar-refractivity contribution >= 4 is 23.3 Å². The Balaban J connectivity index is 2.32. The largest absolute Gasteiger partial charge is 0.388 e. The van der Waals surface area contributed by atoms with Crippen LogP contribution >= 0.6 is 0 Å². The molecule has 0 saturated heterocycles. The highest BCUT2D eigenvalue weighted by Gasteiger charge is 2.05. The molecule has 0 bridgehead atoms. The van der Waals surface area contributed by atoms with E-state index in [1.165, 1.54) is 5.56 Å². The number of nitrogens with one attached hydrogen (secondary N) is 2. The van der Waals surface area contributed by atoms with Crippen molar-refractivity contribution in [2.75, 3.05) is 12.4 Å². The van der Waals surface area contributed by atoms with Gasteiger partial charge in [-0.25, -0.2) is 0 Å². The zero-order valence-electron chi connectivity index (χ0n) is 13.0. The molecule has 2 N–H and O–H groups in total. The Hall–Kier alpha value is -2.42. The third-order valence-electron chi connectivity index (χ3n) is 3.44. The van der Waals surface area contributed by atoms with Gasteiger partial charge in [-0.3, -0.25) is 10.4 Å². The van der Waals surface area contributed by atoms with E-state index in [-0.39, 0.29) is 0 Å². The van der Waals surface area contributed by atoms with Crippen LogP contribution in [0.3, 0.4) is 0 Å². The van der Waals surface area contributed by atoms with E-state index in [1.54, 1.807) is 6.21 Å². The van der Waals surface area contributed by atoms with Gasteiger partial charge in [0.05, 0.1) is 17.6 Å². The molecule has 0 atom stereocenters. The van der Waals surface area contributed by atoms with Gasteiger partial charge in [0.1, 0.15) is 0 Å². The molecule has 3 heteroatoms. The molecule has 0 unspecified atom stereocenters. The molecule has 108 valence electrons. The molecule has 0 spiro atoms. The van der Waals surface area contributed by atoms with Crippen LogP contribution in [0.4, 0.5) is 11.4 Å². The second-order valence-electron chi connectivity index (χ2n) is 5.21. The minimum absolute atomic E-state index is 0.402. The highest BCUT2D eigenvalue weighted by Crippen LogP contribution is 2.25. The van der Waals surface area contributed by atoms with Gasteiger partial charge in [-0.05, 0) is 38.0 Å². The van der Waals surface area contributed by atoms with Crippen LogP contribution < -0.4 is 5.32 Å². The van der Waals surface area contributed by atoms with Gasteiger partial charge in [-0.1, -0.05) is 35.9 Å². The van der Waals surface area contributed by atoms with E-state index in [4.69, 9.17) is 5.41 Å². The molecule has 2 aromatic rings. The van der Waals surface area contributed by atoms with Crippen molar-refractivity contribution in [3.63, 3.8) is 0 Å². The van der Waals surface area contributed by atoms with E-state index in [9.17, 15) is 0 Å². The Kier molecular flexibility index (Phi) is 4.53. The molecule has 21 heavy (non-hydrogen) atoms. The molecule has 0 aliphatic rings. The van der Waals surface area contributed by atoms with E-state index in [0.717, 1.165) is 28.1 Å². The fourth-order valence-corrected chi connectivity index (χ4v) is 2.51. The van der Waals surface area contributed by atoms with E-state index >= 15 is 0 Å². The topological polar surface area (TPSA) is 48.2 Å². The van der Waals surface area contributed by atoms with Gasteiger partial charge >= 0.3 is 0 Å². The molecular weight excluding hydrogens is 258 g/mol. The Morgan fingerprint density at radius 1 is 1.10 bits per heavy atom. The highest BCUT2D eigenvalue weighted by molar-refractivity contribution is 6.38. The van der Waals surface area contributed by atoms with E-state index in [2.05, 4.69) is 43.2 Å². The summed E-state index contributed by atoms with van der Waals surface area (Å²) in [6, 6.07) is 12.0. The van der Waals surface area contributed by atoms with Gasteiger partial charge in [0, 0.05) is 18.3 Å². The number of aryl methyl sites for hydroxylation is 3. The lowest BCUT2D eigenvalue weighted by atomic mass is 10.1. The van der Waals surface area contributed by atoms with Crippen molar-refractivity contribution in [3.8, 4) is 0 Å². The first-order chi connectivity index (χ1) is 10.0. The molecule has 0 radical (unpaired) electrons. The third kappa shape index (κ3) is 3.37. The summed E-state index contributed by atoms with van der Waals surface area (Å²) >= 11 is 0. The van der Waals surface area contributed by atoms with Crippen molar-refractivity contribution < 1.29 is 0 Å². The third-order valence-corrected chi connectivity index (χ3v) is 3.44. The molecular formula is C18H21N3. The lowest BCUT2D eigenvalue weighted by Gasteiger charge is -2.08. The molecule has 0 fully saturated rings. The van der Waals surface area contributed by atoms with Crippen LogP contribution in [0.25, 0.3) is 0 Å². The lowest BCUT2D eigenvalue weighted by molar-refractivity contribution is 1.29. The molecule has 0 aliphatic carbocycles. The van der Waals surface area contributed by atoms with Gasteiger partial charge in [0.15, 0.2) is 0 Å². The van der Waals surface area contributed by atoms with Crippen LogP contribution in [0.5, 0.6) is 0 Å². The SMILES string of the molecule is CNc1ccccc1C(=N)/C=N/c1c(C)cc(C)cc1C. The van der Waals surface area contributed by atoms with Crippen LogP contribution in [0, 0.1) is 26.2 Å². The zero-order chi connectivity index (χ0) is 15.4. The van der Waals surface area contributed by atoms with Crippen LogP contribution in [0.1, 0.15) is 22.3 Å². The number of benzene rings is 2. The summed E-state index contributed by atoms with van der Waals surface area (Å²) in [5.74, 6) is 0. The van der Waals surface area contributed by atoms with Gasteiger partial charge in [-0.15, -0.1) is 0 Å². The van der Waals surface area contributed by atoms with Crippen molar-refractivity contribution in [1.29, 1.82) is 5.41 Å². The molecule has 0 saturated carbocycles. The normalized spacial score (nSPS) is 10.9. The predicted octanol–water partition coefficient (Wildman–Crippen LogP) is 4.42. The molecule has 3 nitrogen and oxygen atoms in total. The summed E-state index contributed by atoms with van der Waals surface area (Å²) in [7, 11) is 1.86. The average Bonchev–Trinajstić information content (AvgIpc) is 2.45. The Morgan fingerprint density at radius 2 is 1.71 bits per heavy atom. The molecule has 0 aliphatic heterocycles. The molecule has 0 amide bonds. The van der Waals surface area contributed by atoms with Crippen molar-refractivity contribution in [2.45, 2.75) is 20.8 Å². The Bertz CT molecular complexity index is 676. The number of aliphatic imine (C=N–C) groups is 1. The van der Waals surface area contributed by atoms with Gasteiger partial charge < -0.3 is 5.32 Å². The lowest BCUT2D eigenvalue weighted by Crippen LogP contribution is -2.04. The van der Waals surface area contributed by atoms with Crippen LogP contribution in [0.15, 0.2) is 41.4 Å². The first-order valence-electron chi connectivity index (χ1n) is 7.00. The molecule has 2 rings (SSSR count).